The summed E-state index contributed by atoms with van der Waals surface area (Å²) in [6, 6.07) is 11.1. The van der Waals surface area contributed by atoms with Gasteiger partial charge in [-0.2, -0.15) is 0 Å². The SMILES string of the molecule is Cc1noc(C)c1COc1ccccc1C(=O)Nc1nc(-c2cccs2)cs1. The second-order valence-corrected chi connectivity index (χ2v) is 7.86. The Kier molecular flexibility index (Phi) is 5.23. The van der Waals surface area contributed by atoms with Crippen LogP contribution in [0, 0.1) is 13.8 Å². The van der Waals surface area contributed by atoms with Crippen molar-refractivity contribution in [2.45, 2.75) is 20.5 Å². The number of amides is 1. The summed E-state index contributed by atoms with van der Waals surface area (Å²) in [5.74, 6) is 0.944. The van der Waals surface area contributed by atoms with Gasteiger partial charge in [-0.3, -0.25) is 10.1 Å². The van der Waals surface area contributed by atoms with Crippen LogP contribution >= 0.6 is 22.7 Å². The van der Waals surface area contributed by atoms with Crippen LogP contribution in [0.1, 0.15) is 27.4 Å². The summed E-state index contributed by atoms with van der Waals surface area (Å²) < 4.78 is 11.0. The third-order valence-electron chi connectivity index (χ3n) is 4.18. The van der Waals surface area contributed by atoms with Gasteiger partial charge in [0, 0.05) is 5.38 Å². The minimum Gasteiger partial charge on any atom is -0.488 e. The zero-order valence-corrected chi connectivity index (χ0v) is 16.9. The monoisotopic (exact) mass is 411 g/mol. The van der Waals surface area contributed by atoms with E-state index in [-0.39, 0.29) is 12.5 Å². The lowest BCUT2D eigenvalue weighted by atomic mass is 10.2. The number of thiophene rings is 1. The molecule has 8 heteroatoms. The zero-order chi connectivity index (χ0) is 19.5. The predicted octanol–water partition coefficient (Wildman–Crippen LogP) is 5.31. The van der Waals surface area contributed by atoms with Gasteiger partial charge in [-0.1, -0.05) is 23.4 Å². The fraction of sp³-hybridized carbons (Fsp3) is 0.150. The smallest absolute Gasteiger partial charge is 0.261 e. The van der Waals surface area contributed by atoms with Crippen LogP contribution in [0.2, 0.25) is 0 Å². The zero-order valence-electron chi connectivity index (χ0n) is 15.3. The highest BCUT2D eigenvalue weighted by Crippen LogP contribution is 2.29. The molecule has 0 saturated heterocycles. The predicted molar refractivity (Wildman–Crippen MR) is 110 cm³/mol. The second-order valence-electron chi connectivity index (χ2n) is 6.06. The van der Waals surface area contributed by atoms with Crippen LogP contribution in [0.25, 0.3) is 10.6 Å². The molecule has 0 unspecified atom stereocenters. The maximum Gasteiger partial charge on any atom is 0.261 e. The van der Waals surface area contributed by atoms with Gasteiger partial charge in [-0.05, 0) is 37.4 Å². The van der Waals surface area contributed by atoms with Gasteiger partial charge in [0.1, 0.15) is 18.1 Å². The highest BCUT2D eigenvalue weighted by Gasteiger charge is 2.16. The Morgan fingerprint density at radius 3 is 2.79 bits per heavy atom. The molecule has 3 aromatic heterocycles. The molecular formula is C20H17N3O3S2. The summed E-state index contributed by atoms with van der Waals surface area (Å²) >= 11 is 3.01. The van der Waals surface area contributed by atoms with E-state index in [1.54, 1.807) is 29.5 Å². The lowest BCUT2D eigenvalue weighted by Crippen LogP contribution is -2.13. The fourth-order valence-electron chi connectivity index (χ4n) is 2.67. The quantitative estimate of drug-likeness (QED) is 0.465. The summed E-state index contributed by atoms with van der Waals surface area (Å²) in [6.07, 6.45) is 0. The highest BCUT2D eigenvalue weighted by atomic mass is 32.1. The summed E-state index contributed by atoms with van der Waals surface area (Å²) in [4.78, 5) is 18.3. The van der Waals surface area contributed by atoms with Crippen LogP contribution in [0.15, 0.2) is 51.7 Å². The minimum absolute atomic E-state index is 0.263. The number of nitrogens with one attached hydrogen (secondary N) is 1. The Morgan fingerprint density at radius 2 is 2.04 bits per heavy atom. The molecule has 1 amide bonds. The molecule has 0 radical (unpaired) electrons. The van der Waals surface area contributed by atoms with E-state index in [2.05, 4.69) is 15.5 Å². The van der Waals surface area contributed by atoms with Crippen molar-refractivity contribution in [3.8, 4) is 16.3 Å². The average Bonchev–Trinajstić information content (AvgIpc) is 3.43. The van der Waals surface area contributed by atoms with E-state index in [9.17, 15) is 4.79 Å². The van der Waals surface area contributed by atoms with E-state index in [1.165, 1.54) is 11.3 Å². The second kappa shape index (κ2) is 7.95. The first-order valence-corrected chi connectivity index (χ1v) is 10.3. The Morgan fingerprint density at radius 1 is 1.18 bits per heavy atom. The molecule has 0 atom stereocenters. The van der Waals surface area contributed by atoms with E-state index in [0.29, 0.717) is 22.2 Å². The number of thiazole rings is 1. The van der Waals surface area contributed by atoms with Crippen LogP contribution in [0.3, 0.4) is 0 Å². The summed E-state index contributed by atoms with van der Waals surface area (Å²) in [7, 11) is 0. The first-order chi connectivity index (χ1) is 13.6. The molecule has 6 nitrogen and oxygen atoms in total. The number of para-hydroxylation sites is 1. The van der Waals surface area contributed by atoms with Gasteiger partial charge >= 0.3 is 0 Å². The van der Waals surface area contributed by atoms with Gasteiger partial charge in [0.25, 0.3) is 5.91 Å². The van der Waals surface area contributed by atoms with Crippen LogP contribution < -0.4 is 10.1 Å². The average molecular weight is 412 g/mol. The number of anilines is 1. The van der Waals surface area contributed by atoms with E-state index in [0.717, 1.165) is 21.8 Å². The lowest BCUT2D eigenvalue weighted by molar-refractivity contribution is 0.102. The van der Waals surface area contributed by atoms with E-state index < -0.39 is 0 Å². The number of ether oxygens (including phenoxy) is 1. The van der Waals surface area contributed by atoms with Crippen molar-refractivity contribution in [2.75, 3.05) is 5.32 Å². The molecule has 28 heavy (non-hydrogen) atoms. The number of aromatic nitrogens is 2. The molecule has 3 heterocycles. The molecule has 0 bridgehead atoms. The Labute approximate surface area is 169 Å². The number of hydrogen-bond donors (Lipinski definition) is 1. The molecule has 0 saturated carbocycles. The van der Waals surface area contributed by atoms with E-state index >= 15 is 0 Å². The van der Waals surface area contributed by atoms with E-state index in [1.807, 2.05) is 42.8 Å². The van der Waals surface area contributed by atoms with Gasteiger partial charge in [0.2, 0.25) is 0 Å². The minimum atomic E-state index is -0.263. The van der Waals surface area contributed by atoms with Crippen molar-refractivity contribution in [3.05, 3.63) is 69.7 Å². The van der Waals surface area contributed by atoms with Crippen molar-refractivity contribution in [2.24, 2.45) is 0 Å². The third kappa shape index (κ3) is 3.83. The van der Waals surface area contributed by atoms with Crippen LogP contribution in [-0.4, -0.2) is 16.0 Å². The molecule has 0 aliphatic carbocycles. The first-order valence-electron chi connectivity index (χ1n) is 8.56. The Bertz CT molecular complexity index is 1080. The standard InChI is InChI=1S/C20H17N3O3S2/c1-12-15(13(2)26-23-12)10-25-17-7-4-3-6-14(17)19(24)22-20-21-16(11-28-20)18-8-5-9-27-18/h3-9,11H,10H2,1-2H3,(H,21,22,24). The third-order valence-corrected chi connectivity index (χ3v) is 5.83. The first kappa shape index (κ1) is 18.4. The molecule has 0 spiro atoms. The highest BCUT2D eigenvalue weighted by molar-refractivity contribution is 7.16. The molecule has 1 N–H and O–H groups in total. The number of rotatable bonds is 6. The normalized spacial score (nSPS) is 10.8. The number of carbonyl (C=O) groups is 1. The largest absolute Gasteiger partial charge is 0.488 e. The maximum absolute atomic E-state index is 12.8. The number of carbonyl (C=O) groups excluding carboxylic acids is 1. The molecule has 1 aromatic carbocycles. The molecule has 4 aromatic rings. The summed E-state index contributed by atoms with van der Waals surface area (Å²) in [5.41, 5.74) is 2.97. The van der Waals surface area contributed by atoms with Crippen molar-refractivity contribution in [1.82, 2.24) is 10.1 Å². The number of hydrogen-bond acceptors (Lipinski definition) is 7. The van der Waals surface area contributed by atoms with Crippen molar-refractivity contribution < 1.29 is 14.1 Å². The van der Waals surface area contributed by atoms with Gasteiger partial charge < -0.3 is 9.26 Å². The lowest BCUT2D eigenvalue weighted by Gasteiger charge is -2.10. The van der Waals surface area contributed by atoms with Crippen molar-refractivity contribution >= 4 is 33.7 Å². The number of aryl methyl sites for hydroxylation is 2. The molecule has 0 aliphatic heterocycles. The molecule has 0 aliphatic rings. The fourth-order valence-corrected chi connectivity index (χ4v) is 4.14. The molecule has 0 fully saturated rings. The Hall–Kier alpha value is -2.97. The van der Waals surface area contributed by atoms with Crippen LogP contribution in [-0.2, 0) is 6.61 Å². The van der Waals surface area contributed by atoms with Gasteiger partial charge in [-0.25, -0.2) is 4.98 Å². The maximum atomic E-state index is 12.8. The van der Waals surface area contributed by atoms with Crippen LogP contribution in [0.5, 0.6) is 5.75 Å². The molecule has 4 rings (SSSR count). The summed E-state index contributed by atoms with van der Waals surface area (Å²) in [6.45, 7) is 3.98. The molecule has 142 valence electrons. The number of nitrogens with zero attached hydrogens (tertiary/aromatic N) is 2. The molecular weight excluding hydrogens is 394 g/mol. The van der Waals surface area contributed by atoms with E-state index in [4.69, 9.17) is 9.26 Å². The van der Waals surface area contributed by atoms with Gasteiger partial charge in [0.15, 0.2) is 5.13 Å². The van der Waals surface area contributed by atoms with Gasteiger partial charge in [-0.15, -0.1) is 22.7 Å². The van der Waals surface area contributed by atoms with Crippen molar-refractivity contribution in [1.29, 1.82) is 0 Å². The van der Waals surface area contributed by atoms with Gasteiger partial charge in [0.05, 0.1) is 27.4 Å². The Balaban J connectivity index is 1.49. The summed E-state index contributed by atoms with van der Waals surface area (Å²) in [5, 5.41) is 11.3. The number of benzene rings is 1. The van der Waals surface area contributed by atoms with Crippen LogP contribution in [0.4, 0.5) is 5.13 Å². The van der Waals surface area contributed by atoms with Crippen molar-refractivity contribution in [3.63, 3.8) is 0 Å². The topological polar surface area (TPSA) is 77.2 Å².